The summed E-state index contributed by atoms with van der Waals surface area (Å²) in [7, 11) is 0. The smallest absolute Gasteiger partial charge is 0.0992 e. The standard InChI is InChI=1S/C10H9N3/c11-5-2-6-13-10-4-1-3-9(7-10)8-12/h1,3-4,7,13H,2,6H2. The fourth-order valence-corrected chi connectivity index (χ4v) is 0.961. The predicted molar refractivity (Wildman–Crippen MR) is 49.9 cm³/mol. The highest BCUT2D eigenvalue weighted by atomic mass is 14.9. The Bertz CT molecular complexity index is 357. The quantitative estimate of drug-likeness (QED) is 0.706. The molecule has 0 aliphatic rings. The molecule has 0 saturated carbocycles. The van der Waals surface area contributed by atoms with Gasteiger partial charge in [-0.3, -0.25) is 0 Å². The summed E-state index contributed by atoms with van der Waals surface area (Å²) >= 11 is 0. The molecule has 1 aromatic rings. The Hall–Kier alpha value is -2.00. The average Bonchev–Trinajstić information content (AvgIpc) is 2.19. The van der Waals surface area contributed by atoms with E-state index >= 15 is 0 Å². The molecule has 0 bridgehead atoms. The van der Waals surface area contributed by atoms with Crippen molar-refractivity contribution in [2.75, 3.05) is 11.9 Å². The molecule has 0 spiro atoms. The zero-order valence-electron chi connectivity index (χ0n) is 7.12. The van der Waals surface area contributed by atoms with Crippen molar-refractivity contribution < 1.29 is 0 Å². The SMILES string of the molecule is N#CCCNc1cccc(C#N)c1. The number of rotatable bonds is 3. The van der Waals surface area contributed by atoms with Gasteiger partial charge in [-0.05, 0) is 18.2 Å². The van der Waals surface area contributed by atoms with Crippen LogP contribution in [0.1, 0.15) is 12.0 Å². The molecule has 0 radical (unpaired) electrons. The third-order valence-corrected chi connectivity index (χ3v) is 1.56. The lowest BCUT2D eigenvalue weighted by molar-refractivity contribution is 1.07. The van der Waals surface area contributed by atoms with E-state index in [4.69, 9.17) is 10.5 Å². The lowest BCUT2D eigenvalue weighted by Gasteiger charge is -2.02. The summed E-state index contributed by atoms with van der Waals surface area (Å²) in [4.78, 5) is 0. The molecule has 0 aliphatic heterocycles. The Balaban J connectivity index is 2.59. The minimum absolute atomic E-state index is 0.469. The van der Waals surface area contributed by atoms with E-state index in [1.807, 2.05) is 18.2 Å². The van der Waals surface area contributed by atoms with Crippen LogP contribution in [-0.4, -0.2) is 6.54 Å². The largest absolute Gasteiger partial charge is 0.384 e. The third kappa shape index (κ3) is 2.84. The molecule has 0 saturated heterocycles. The highest BCUT2D eigenvalue weighted by Gasteiger charge is 1.92. The molecule has 0 unspecified atom stereocenters. The Kier molecular flexibility index (Phi) is 3.35. The third-order valence-electron chi connectivity index (χ3n) is 1.56. The van der Waals surface area contributed by atoms with Crippen molar-refractivity contribution in [3.63, 3.8) is 0 Å². The molecule has 0 aliphatic carbocycles. The number of nitrogens with zero attached hydrogens (tertiary/aromatic N) is 2. The van der Waals surface area contributed by atoms with Gasteiger partial charge in [0.2, 0.25) is 0 Å². The Labute approximate surface area is 77.2 Å². The molecule has 0 amide bonds. The van der Waals surface area contributed by atoms with E-state index < -0.39 is 0 Å². The molecule has 0 fully saturated rings. The maximum Gasteiger partial charge on any atom is 0.0992 e. The van der Waals surface area contributed by atoms with Gasteiger partial charge in [-0.15, -0.1) is 0 Å². The van der Waals surface area contributed by atoms with Crippen LogP contribution in [0.5, 0.6) is 0 Å². The number of benzene rings is 1. The van der Waals surface area contributed by atoms with Crippen LogP contribution >= 0.6 is 0 Å². The van der Waals surface area contributed by atoms with E-state index in [2.05, 4.69) is 11.4 Å². The molecule has 0 atom stereocenters. The van der Waals surface area contributed by atoms with Gasteiger partial charge in [0.25, 0.3) is 0 Å². The van der Waals surface area contributed by atoms with Gasteiger partial charge in [0, 0.05) is 12.2 Å². The van der Waals surface area contributed by atoms with Crippen molar-refractivity contribution >= 4 is 5.69 Å². The lowest BCUT2D eigenvalue weighted by Crippen LogP contribution is -1.99. The van der Waals surface area contributed by atoms with Crippen molar-refractivity contribution in [1.82, 2.24) is 0 Å². The first-order chi connectivity index (χ1) is 6.36. The predicted octanol–water partition coefficient (Wildman–Crippen LogP) is 1.88. The van der Waals surface area contributed by atoms with E-state index in [0.29, 0.717) is 18.5 Å². The van der Waals surface area contributed by atoms with Gasteiger partial charge >= 0.3 is 0 Å². The molecule has 3 nitrogen and oxygen atoms in total. The van der Waals surface area contributed by atoms with E-state index in [1.165, 1.54) is 0 Å². The van der Waals surface area contributed by atoms with Crippen molar-refractivity contribution in [1.29, 1.82) is 10.5 Å². The topological polar surface area (TPSA) is 59.6 Å². The van der Waals surface area contributed by atoms with E-state index in [0.717, 1.165) is 5.69 Å². The minimum Gasteiger partial charge on any atom is -0.384 e. The van der Waals surface area contributed by atoms with E-state index in [-0.39, 0.29) is 0 Å². The van der Waals surface area contributed by atoms with Gasteiger partial charge in [-0.1, -0.05) is 6.07 Å². The maximum atomic E-state index is 8.60. The Morgan fingerprint density at radius 3 is 2.85 bits per heavy atom. The molecule has 0 heterocycles. The van der Waals surface area contributed by atoms with Crippen LogP contribution in [0.2, 0.25) is 0 Å². The first kappa shape index (κ1) is 9.09. The zero-order chi connectivity index (χ0) is 9.52. The molecule has 3 heteroatoms. The molecule has 1 aromatic carbocycles. The summed E-state index contributed by atoms with van der Waals surface area (Å²) in [6, 6.07) is 11.3. The van der Waals surface area contributed by atoms with Crippen LogP contribution in [0.15, 0.2) is 24.3 Å². The summed E-state index contributed by atoms with van der Waals surface area (Å²) in [6.07, 6.45) is 0.469. The fourth-order valence-electron chi connectivity index (χ4n) is 0.961. The number of anilines is 1. The fraction of sp³-hybridized carbons (Fsp3) is 0.200. The summed E-state index contributed by atoms with van der Waals surface area (Å²) in [5.41, 5.74) is 1.51. The molecule has 64 valence electrons. The van der Waals surface area contributed by atoms with Crippen molar-refractivity contribution in [3.05, 3.63) is 29.8 Å². The summed E-state index contributed by atoms with van der Waals surface area (Å²) in [6.45, 7) is 0.616. The second-order valence-corrected chi connectivity index (χ2v) is 2.53. The minimum atomic E-state index is 0.469. The van der Waals surface area contributed by atoms with Crippen LogP contribution in [-0.2, 0) is 0 Å². The van der Waals surface area contributed by atoms with Crippen LogP contribution in [0.4, 0.5) is 5.69 Å². The number of nitriles is 2. The second kappa shape index (κ2) is 4.79. The van der Waals surface area contributed by atoms with Crippen LogP contribution < -0.4 is 5.32 Å². The first-order valence-corrected chi connectivity index (χ1v) is 3.98. The summed E-state index contributed by atoms with van der Waals surface area (Å²) in [5.74, 6) is 0. The Morgan fingerprint density at radius 2 is 2.15 bits per heavy atom. The normalized spacial score (nSPS) is 8.46. The number of hydrogen-bond donors (Lipinski definition) is 1. The molecular weight excluding hydrogens is 162 g/mol. The second-order valence-electron chi connectivity index (χ2n) is 2.53. The molecule has 13 heavy (non-hydrogen) atoms. The summed E-state index contributed by atoms with van der Waals surface area (Å²) < 4.78 is 0. The summed E-state index contributed by atoms with van der Waals surface area (Å²) in [5, 5.41) is 20.0. The van der Waals surface area contributed by atoms with Gasteiger partial charge < -0.3 is 5.32 Å². The molecule has 1 N–H and O–H groups in total. The molecule has 1 rings (SSSR count). The number of hydrogen-bond acceptors (Lipinski definition) is 3. The van der Waals surface area contributed by atoms with Gasteiger partial charge in [0.05, 0.1) is 24.1 Å². The maximum absolute atomic E-state index is 8.60. The van der Waals surface area contributed by atoms with Crippen LogP contribution in [0, 0.1) is 22.7 Å². The first-order valence-electron chi connectivity index (χ1n) is 3.98. The van der Waals surface area contributed by atoms with Gasteiger partial charge in [0.15, 0.2) is 0 Å². The van der Waals surface area contributed by atoms with Gasteiger partial charge in [-0.2, -0.15) is 10.5 Å². The van der Waals surface area contributed by atoms with Crippen LogP contribution in [0.25, 0.3) is 0 Å². The lowest BCUT2D eigenvalue weighted by atomic mass is 10.2. The highest BCUT2D eigenvalue weighted by Crippen LogP contribution is 2.09. The van der Waals surface area contributed by atoms with E-state index in [1.54, 1.807) is 12.1 Å². The highest BCUT2D eigenvalue weighted by molar-refractivity contribution is 5.49. The molecular formula is C10H9N3. The zero-order valence-corrected chi connectivity index (χ0v) is 7.12. The van der Waals surface area contributed by atoms with Crippen molar-refractivity contribution in [2.24, 2.45) is 0 Å². The van der Waals surface area contributed by atoms with E-state index in [9.17, 15) is 0 Å². The Morgan fingerprint density at radius 1 is 1.31 bits per heavy atom. The number of nitrogens with one attached hydrogen (secondary N) is 1. The molecule has 0 aromatic heterocycles. The van der Waals surface area contributed by atoms with Crippen molar-refractivity contribution in [3.8, 4) is 12.1 Å². The van der Waals surface area contributed by atoms with Crippen LogP contribution in [0.3, 0.4) is 0 Å². The van der Waals surface area contributed by atoms with Gasteiger partial charge in [-0.25, -0.2) is 0 Å². The van der Waals surface area contributed by atoms with Crippen molar-refractivity contribution in [2.45, 2.75) is 6.42 Å². The average molecular weight is 171 g/mol. The monoisotopic (exact) mass is 171 g/mol. The van der Waals surface area contributed by atoms with Gasteiger partial charge in [0.1, 0.15) is 0 Å².